The molecule has 0 aliphatic heterocycles. The monoisotopic (exact) mass is 497 g/mol. The van der Waals surface area contributed by atoms with Gasteiger partial charge in [0.1, 0.15) is 18.4 Å². The number of hydrogen-bond acceptors (Lipinski definition) is 6. The number of nitrogens with one attached hydrogen (secondary N) is 3. The molecule has 0 aromatic heterocycles. The van der Waals surface area contributed by atoms with Crippen LogP contribution in [0.4, 0.5) is 0 Å². The minimum absolute atomic E-state index is 0.0549. The topological polar surface area (TPSA) is 195 Å². The molecule has 0 heterocycles. The Balaban J connectivity index is 5.40. The van der Waals surface area contributed by atoms with Gasteiger partial charge in [-0.1, -0.05) is 59.3 Å². The third kappa shape index (κ3) is 15.0. The van der Waals surface area contributed by atoms with Gasteiger partial charge in [-0.25, -0.2) is 0 Å². The largest absolute Gasteiger partial charge is 0.370 e. The average Bonchev–Trinajstić information content (AvgIpc) is 2.83. The van der Waals surface area contributed by atoms with E-state index in [4.69, 9.17) is 17.2 Å². The van der Waals surface area contributed by atoms with Gasteiger partial charge in [-0.3, -0.25) is 19.4 Å². The van der Waals surface area contributed by atoms with Crippen LogP contribution in [0.3, 0.4) is 0 Å². The van der Waals surface area contributed by atoms with Gasteiger partial charge < -0.3 is 37.9 Å². The van der Waals surface area contributed by atoms with Crippen molar-refractivity contribution < 1.29 is 19.2 Å². The van der Waals surface area contributed by atoms with Crippen molar-refractivity contribution in [2.75, 3.05) is 6.54 Å². The molecule has 0 bridgehead atoms. The molecule has 0 fully saturated rings. The number of nitrogens with two attached hydrogens (primary N) is 3. The summed E-state index contributed by atoms with van der Waals surface area (Å²) < 4.78 is 0. The van der Waals surface area contributed by atoms with Gasteiger partial charge in [-0.05, 0) is 32.1 Å². The van der Waals surface area contributed by atoms with E-state index in [1.165, 1.54) is 0 Å². The van der Waals surface area contributed by atoms with Gasteiger partial charge in [0, 0.05) is 6.54 Å². The third-order valence-electron chi connectivity index (χ3n) is 5.62. The number of nitrogens with zero attached hydrogens (tertiary/aromatic N) is 1. The molecule has 35 heavy (non-hydrogen) atoms. The highest BCUT2D eigenvalue weighted by molar-refractivity contribution is 5.93. The van der Waals surface area contributed by atoms with E-state index in [9.17, 15) is 19.2 Å². The second-order valence-electron chi connectivity index (χ2n) is 8.86. The first-order valence-corrected chi connectivity index (χ1v) is 12.9. The molecule has 0 aromatic carbocycles. The van der Waals surface area contributed by atoms with Crippen molar-refractivity contribution >= 4 is 30.0 Å². The normalized spacial score (nSPS) is 14.2. The first-order chi connectivity index (χ1) is 16.7. The molecule has 9 N–H and O–H groups in total. The number of aldehydes is 1. The maximum Gasteiger partial charge on any atom is 0.243 e. The summed E-state index contributed by atoms with van der Waals surface area (Å²) in [6, 6.07) is -3.05. The number of hydrogen-bond donors (Lipinski definition) is 6. The fourth-order valence-corrected chi connectivity index (χ4v) is 3.44. The zero-order valence-electron chi connectivity index (χ0n) is 21.7. The molecule has 0 unspecified atom stereocenters. The molecule has 0 rings (SSSR count). The maximum absolute atomic E-state index is 13.1. The molecule has 4 atom stereocenters. The minimum Gasteiger partial charge on any atom is -0.370 e. The molecule has 0 saturated heterocycles. The molecule has 3 amide bonds. The Morgan fingerprint density at radius 3 is 1.77 bits per heavy atom. The standard InChI is InChI=1S/C24H47N7O4/c1-4-7-11-17(16-32)29-22(34)19(13-9-6-3)31-23(35)20(14-10-15-28-24(26)27)30-21(33)18(25)12-8-5-2/h16-20H,4-15,25H2,1-3H3,(H,29,34)(H,30,33)(H,31,35)(H4,26,27,28)/t17-,18+,19-,20-/m1/s1. The molecule has 0 aliphatic carbocycles. The molecule has 202 valence electrons. The predicted octanol–water partition coefficient (Wildman–Crippen LogP) is 0.591. The first kappa shape index (κ1) is 32.3. The third-order valence-corrected chi connectivity index (χ3v) is 5.62. The van der Waals surface area contributed by atoms with E-state index in [-0.39, 0.29) is 12.4 Å². The molecule has 0 saturated carbocycles. The summed E-state index contributed by atoms with van der Waals surface area (Å²) in [5, 5.41) is 8.21. The van der Waals surface area contributed by atoms with Gasteiger partial charge >= 0.3 is 0 Å². The summed E-state index contributed by atoms with van der Waals surface area (Å²) in [4.78, 5) is 53.9. The lowest BCUT2D eigenvalue weighted by atomic mass is 10.0. The van der Waals surface area contributed by atoms with Crippen LogP contribution in [0.15, 0.2) is 4.99 Å². The Kier molecular flexibility index (Phi) is 18.1. The van der Waals surface area contributed by atoms with Crippen LogP contribution in [0.2, 0.25) is 0 Å². The van der Waals surface area contributed by atoms with Gasteiger partial charge in [0.25, 0.3) is 0 Å². The van der Waals surface area contributed by atoms with E-state index in [1.54, 1.807) is 0 Å². The van der Waals surface area contributed by atoms with E-state index in [2.05, 4.69) is 20.9 Å². The van der Waals surface area contributed by atoms with Crippen LogP contribution < -0.4 is 33.2 Å². The Morgan fingerprint density at radius 1 is 0.743 bits per heavy atom. The van der Waals surface area contributed by atoms with E-state index in [0.29, 0.717) is 38.6 Å². The average molecular weight is 498 g/mol. The molecule has 0 radical (unpaired) electrons. The number of carbonyl (C=O) groups is 4. The van der Waals surface area contributed by atoms with E-state index in [0.717, 1.165) is 38.4 Å². The van der Waals surface area contributed by atoms with Crippen molar-refractivity contribution in [2.24, 2.45) is 22.2 Å². The number of unbranched alkanes of at least 4 members (excludes halogenated alkanes) is 3. The maximum atomic E-state index is 13.1. The highest BCUT2D eigenvalue weighted by Crippen LogP contribution is 2.07. The van der Waals surface area contributed by atoms with E-state index >= 15 is 0 Å². The van der Waals surface area contributed by atoms with Crippen molar-refractivity contribution in [1.29, 1.82) is 0 Å². The van der Waals surface area contributed by atoms with Crippen LogP contribution in [0, 0.1) is 0 Å². The predicted molar refractivity (Wildman–Crippen MR) is 138 cm³/mol. The highest BCUT2D eigenvalue weighted by Gasteiger charge is 2.28. The summed E-state index contributed by atoms with van der Waals surface area (Å²) in [5.41, 5.74) is 16.7. The van der Waals surface area contributed by atoms with Crippen molar-refractivity contribution in [3.63, 3.8) is 0 Å². The van der Waals surface area contributed by atoms with Gasteiger partial charge in [-0.2, -0.15) is 0 Å². The van der Waals surface area contributed by atoms with Gasteiger partial charge in [0.2, 0.25) is 17.7 Å². The van der Waals surface area contributed by atoms with Gasteiger partial charge in [0.15, 0.2) is 5.96 Å². The Hall–Kier alpha value is -2.69. The Bertz CT molecular complexity index is 668. The summed E-state index contributed by atoms with van der Waals surface area (Å²) in [7, 11) is 0. The number of carbonyl (C=O) groups excluding carboxylic acids is 4. The lowest BCUT2D eigenvalue weighted by Crippen LogP contribution is -2.56. The van der Waals surface area contributed by atoms with E-state index < -0.39 is 41.9 Å². The molecular weight excluding hydrogens is 450 g/mol. The molecule has 0 aliphatic rings. The molecule has 11 nitrogen and oxygen atoms in total. The smallest absolute Gasteiger partial charge is 0.243 e. The summed E-state index contributed by atoms with van der Waals surface area (Å²) in [5.74, 6) is -1.38. The number of rotatable bonds is 20. The Morgan fingerprint density at radius 2 is 1.23 bits per heavy atom. The second-order valence-corrected chi connectivity index (χ2v) is 8.86. The molecule has 0 aromatic rings. The Labute approximate surface area is 209 Å². The molecule has 11 heteroatoms. The minimum atomic E-state index is -0.900. The summed E-state index contributed by atoms with van der Waals surface area (Å²) in [6.45, 7) is 6.28. The van der Waals surface area contributed by atoms with Crippen LogP contribution >= 0.6 is 0 Å². The zero-order valence-corrected chi connectivity index (χ0v) is 21.7. The van der Waals surface area contributed by atoms with Crippen LogP contribution in [-0.4, -0.2) is 60.7 Å². The fourth-order valence-electron chi connectivity index (χ4n) is 3.44. The first-order valence-electron chi connectivity index (χ1n) is 12.9. The van der Waals surface area contributed by atoms with Crippen molar-refractivity contribution in [3.8, 4) is 0 Å². The van der Waals surface area contributed by atoms with Gasteiger partial charge in [0.05, 0.1) is 12.1 Å². The number of guanidine groups is 1. The van der Waals surface area contributed by atoms with Crippen molar-refractivity contribution in [3.05, 3.63) is 0 Å². The quantitative estimate of drug-likeness (QED) is 0.0612. The molecule has 0 spiro atoms. The highest BCUT2D eigenvalue weighted by atomic mass is 16.2. The summed E-state index contributed by atoms with van der Waals surface area (Å²) >= 11 is 0. The zero-order chi connectivity index (χ0) is 26.6. The van der Waals surface area contributed by atoms with Gasteiger partial charge in [-0.15, -0.1) is 0 Å². The van der Waals surface area contributed by atoms with Crippen LogP contribution in [0.25, 0.3) is 0 Å². The van der Waals surface area contributed by atoms with Crippen molar-refractivity contribution in [1.82, 2.24) is 16.0 Å². The lowest BCUT2D eigenvalue weighted by molar-refractivity contribution is -0.133. The van der Waals surface area contributed by atoms with Crippen LogP contribution in [0.5, 0.6) is 0 Å². The molecular formula is C24H47N7O4. The fraction of sp³-hybridized carbons (Fsp3) is 0.792. The number of aliphatic imine (C=N–C) groups is 1. The second kappa shape index (κ2) is 19.6. The van der Waals surface area contributed by atoms with Crippen LogP contribution in [-0.2, 0) is 19.2 Å². The SMILES string of the molecule is CCCC[C@H](C=O)NC(=O)[C@@H](CCCC)NC(=O)[C@@H](CCCN=C(N)N)NC(=O)[C@@H](N)CCCC. The van der Waals surface area contributed by atoms with Crippen molar-refractivity contribution in [2.45, 2.75) is 116 Å². The summed E-state index contributed by atoms with van der Waals surface area (Å²) in [6.07, 6.45) is 7.84. The van der Waals surface area contributed by atoms with Crippen LogP contribution in [0.1, 0.15) is 91.4 Å². The lowest BCUT2D eigenvalue weighted by Gasteiger charge is -2.25. The number of amides is 3. The van der Waals surface area contributed by atoms with E-state index in [1.807, 2.05) is 20.8 Å².